The van der Waals surface area contributed by atoms with Gasteiger partial charge in [-0.15, -0.1) is 0 Å². The van der Waals surface area contributed by atoms with E-state index in [-0.39, 0.29) is 12.2 Å². The van der Waals surface area contributed by atoms with Crippen LogP contribution in [0, 0.1) is 0 Å². The van der Waals surface area contributed by atoms with E-state index >= 15 is 0 Å². The van der Waals surface area contributed by atoms with E-state index in [1.165, 1.54) is 0 Å². The molecule has 0 radical (unpaired) electrons. The first-order valence-electron chi connectivity index (χ1n) is 6.94. The quantitative estimate of drug-likeness (QED) is 0.924. The van der Waals surface area contributed by atoms with Crippen molar-refractivity contribution < 1.29 is 9.90 Å². The van der Waals surface area contributed by atoms with Crippen molar-refractivity contribution in [2.75, 3.05) is 0 Å². The maximum Gasteiger partial charge on any atom is 0.170 e. The van der Waals surface area contributed by atoms with Gasteiger partial charge >= 0.3 is 0 Å². The van der Waals surface area contributed by atoms with Gasteiger partial charge in [-0.1, -0.05) is 37.8 Å². The number of aliphatic hydroxyl groups is 1. The predicted molar refractivity (Wildman–Crippen MR) is 74.3 cm³/mol. The molecule has 1 aromatic rings. The Morgan fingerprint density at radius 1 is 1.42 bits per heavy atom. The smallest absolute Gasteiger partial charge is 0.170 e. The Balaban J connectivity index is 2.16. The molecule has 1 heterocycles. The standard InChI is InChI=1S/C14H21ClN2O2/c1-3-10-13(15)11(17(2)16-10)9-12(18)14(19)7-5-4-6-8-14/h19H,3-9H2,1-2H3. The molecule has 5 heteroatoms. The van der Waals surface area contributed by atoms with E-state index in [4.69, 9.17) is 11.6 Å². The lowest BCUT2D eigenvalue weighted by Crippen LogP contribution is -2.41. The molecule has 0 atom stereocenters. The summed E-state index contributed by atoms with van der Waals surface area (Å²) in [6.45, 7) is 1.98. The lowest BCUT2D eigenvalue weighted by atomic mass is 9.80. The summed E-state index contributed by atoms with van der Waals surface area (Å²) in [5.74, 6) is -0.125. The molecule has 106 valence electrons. The lowest BCUT2D eigenvalue weighted by Gasteiger charge is -2.30. The van der Waals surface area contributed by atoms with Gasteiger partial charge in [0.05, 0.1) is 22.8 Å². The minimum atomic E-state index is -1.15. The number of aryl methyl sites for hydroxylation is 2. The molecule has 1 aliphatic carbocycles. The SMILES string of the molecule is CCc1nn(C)c(CC(=O)C2(O)CCCCC2)c1Cl. The van der Waals surface area contributed by atoms with E-state index in [0.29, 0.717) is 23.6 Å². The summed E-state index contributed by atoms with van der Waals surface area (Å²) in [4.78, 5) is 12.3. The monoisotopic (exact) mass is 284 g/mol. The predicted octanol–water partition coefficient (Wildman–Crippen LogP) is 2.44. The lowest BCUT2D eigenvalue weighted by molar-refractivity contribution is -0.139. The average molecular weight is 285 g/mol. The molecule has 0 unspecified atom stereocenters. The topological polar surface area (TPSA) is 55.1 Å². The fourth-order valence-electron chi connectivity index (χ4n) is 2.74. The van der Waals surface area contributed by atoms with Crippen LogP contribution in [0.25, 0.3) is 0 Å². The van der Waals surface area contributed by atoms with Gasteiger partial charge < -0.3 is 5.11 Å². The van der Waals surface area contributed by atoms with Gasteiger partial charge in [0.2, 0.25) is 0 Å². The molecule has 1 aliphatic rings. The van der Waals surface area contributed by atoms with Crippen LogP contribution in [-0.4, -0.2) is 26.3 Å². The van der Waals surface area contributed by atoms with Crippen molar-refractivity contribution in [2.24, 2.45) is 7.05 Å². The number of halogens is 1. The Morgan fingerprint density at radius 3 is 2.58 bits per heavy atom. The van der Waals surface area contributed by atoms with E-state index in [9.17, 15) is 9.90 Å². The highest BCUT2D eigenvalue weighted by Crippen LogP contribution is 2.31. The van der Waals surface area contributed by atoms with Gasteiger partial charge in [-0.2, -0.15) is 5.10 Å². The molecule has 2 rings (SSSR count). The van der Waals surface area contributed by atoms with Crippen LogP contribution in [0.3, 0.4) is 0 Å². The summed E-state index contributed by atoms with van der Waals surface area (Å²) in [7, 11) is 1.79. The number of aromatic nitrogens is 2. The van der Waals surface area contributed by atoms with Crippen molar-refractivity contribution in [3.05, 3.63) is 16.4 Å². The molecule has 0 bridgehead atoms. The average Bonchev–Trinajstić information content (AvgIpc) is 2.67. The Bertz CT molecular complexity index is 476. The second-order valence-electron chi connectivity index (χ2n) is 5.38. The molecule has 4 nitrogen and oxygen atoms in total. The first-order chi connectivity index (χ1) is 8.98. The van der Waals surface area contributed by atoms with Crippen molar-refractivity contribution in [1.29, 1.82) is 0 Å². The van der Waals surface area contributed by atoms with Crippen LogP contribution in [0.15, 0.2) is 0 Å². The zero-order chi connectivity index (χ0) is 14.0. The summed E-state index contributed by atoms with van der Waals surface area (Å²) in [5.41, 5.74) is 0.364. The molecule has 0 amide bonds. The van der Waals surface area contributed by atoms with E-state index in [1.54, 1.807) is 11.7 Å². The molecule has 1 saturated carbocycles. The van der Waals surface area contributed by atoms with Crippen LogP contribution in [0.5, 0.6) is 0 Å². The van der Waals surface area contributed by atoms with Gasteiger partial charge in [0, 0.05) is 7.05 Å². The number of carbonyl (C=O) groups is 1. The number of nitrogens with zero attached hydrogens (tertiary/aromatic N) is 2. The fourth-order valence-corrected chi connectivity index (χ4v) is 3.10. The third-order valence-electron chi connectivity index (χ3n) is 4.03. The summed E-state index contributed by atoms with van der Waals surface area (Å²) in [6, 6.07) is 0. The van der Waals surface area contributed by atoms with E-state index in [1.807, 2.05) is 6.92 Å². The molecule has 0 aromatic carbocycles. The molecule has 1 fully saturated rings. The molecule has 1 aromatic heterocycles. The molecular weight excluding hydrogens is 264 g/mol. The molecule has 0 aliphatic heterocycles. The third kappa shape index (κ3) is 2.84. The van der Waals surface area contributed by atoms with Gasteiger partial charge in [0.15, 0.2) is 5.78 Å². The summed E-state index contributed by atoms with van der Waals surface area (Å²) < 4.78 is 1.66. The van der Waals surface area contributed by atoms with Crippen LogP contribution < -0.4 is 0 Å². The van der Waals surface area contributed by atoms with Crippen molar-refractivity contribution >= 4 is 17.4 Å². The first-order valence-corrected chi connectivity index (χ1v) is 7.31. The van der Waals surface area contributed by atoms with Crippen molar-refractivity contribution in [2.45, 2.75) is 57.5 Å². The Kier molecular flexibility index (Phi) is 4.31. The fraction of sp³-hybridized carbons (Fsp3) is 0.714. The van der Waals surface area contributed by atoms with E-state index in [2.05, 4.69) is 5.10 Å². The zero-order valence-electron chi connectivity index (χ0n) is 11.6. The largest absolute Gasteiger partial charge is 0.382 e. The van der Waals surface area contributed by atoms with Gasteiger partial charge in [-0.05, 0) is 19.3 Å². The highest BCUT2D eigenvalue weighted by atomic mass is 35.5. The number of hydrogen-bond acceptors (Lipinski definition) is 3. The maximum absolute atomic E-state index is 12.3. The van der Waals surface area contributed by atoms with E-state index < -0.39 is 5.60 Å². The third-order valence-corrected chi connectivity index (χ3v) is 4.47. The van der Waals surface area contributed by atoms with Crippen LogP contribution in [0.4, 0.5) is 0 Å². The van der Waals surface area contributed by atoms with Crippen LogP contribution in [0.1, 0.15) is 50.4 Å². The second-order valence-corrected chi connectivity index (χ2v) is 5.75. The van der Waals surface area contributed by atoms with Crippen molar-refractivity contribution in [3.63, 3.8) is 0 Å². The Morgan fingerprint density at radius 2 is 2.05 bits per heavy atom. The molecular formula is C14H21ClN2O2. The number of Topliss-reactive ketones (excluding diaryl/α,β-unsaturated/α-hetero) is 1. The van der Waals surface area contributed by atoms with Gasteiger partial charge in [-0.3, -0.25) is 9.48 Å². The van der Waals surface area contributed by atoms with Crippen molar-refractivity contribution in [1.82, 2.24) is 9.78 Å². The number of ketones is 1. The van der Waals surface area contributed by atoms with Gasteiger partial charge in [0.25, 0.3) is 0 Å². The Labute approximate surface area is 118 Å². The Hall–Kier alpha value is -0.870. The minimum Gasteiger partial charge on any atom is -0.382 e. The number of carbonyl (C=O) groups excluding carboxylic acids is 1. The van der Waals surface area contributed by atoms with Gasteiger partial charge in [-0.25, -0.2) is 0 Å². The first kappa shape index (κ1) is 14.5. The second kappa shape index (κ2) is 5.63. The molecule has 0 saturated heterocycles. The maximum atomic E-state index is 12.3. The molecule has 19 heavy (non-hydrogen) atoms. The van der Waals surface area contributed by atoms with E-state index in [0.717, 1.165) is 31.4 Å². The number of rotatable bonds is 4. The highest BCUT2D eigenvalue weighted by Gasteiger charge is 2.37. The zero-order valence-corrected chi connectivity index (χ0v) is 12.3. The number of hydrogen-bond donors (Lipinski definition) is 1. The van der Waals surface area contributed by atoms with Crippen LogP contribution in [-0.2, 0) is 24.7 Å². The summed E-state index contributed by atoms with van der Waals surface area (Å²) >= 11 is 6.24. The summed E-state index contributed by atoms with van der Waals surface area (Å²) in [6.07, 6.45) is 4.99. The minimum absolute atomic E-state index is 0.125. The van der Waals surface area contributed by atoms with Gasteiger partial charge in [0.1, 0.15) is 5.60 Å². The molecule has 0 spiro atoms. The normalized spacial score (nSPS) is 18.5. The van der Waals surface area contributed by atoms with Crippen molar-refractivity contribution in [3.8, 4) is 0 Å². The summed E-state index contributed by atoms with van der Waals surface area (Å²) in [5, 5.41) is 15.3. The highest BCUT2D eigenvalue weighted by molar-refractivity contribution is 6.32. The van der Waals surface area contributed by atoms with Crippen LogP contribution in [0.2, 0.25) is 5.02 Å². The van der Waals surface area contributed by atoms with Crippen LogP contribution >= 0.6 is 11.6 Å². The molecule has 1 N–H and O–H groups in total.